The van der Waals surface area contributed by atoms with E-state index in [-0.39, 0.29) is 18.4 Å². The molecule has 128 valence electrons. The lowest BCUT2D eigenvalue weighted by Gasteiger charge is -2.21. The predicted molar refractivity (Wildman–Crippen MR) is 105 cm³/mol. The van der Waals surface area contributed by atoms with Crippen LogP contribution in [0.2, 0.25) is 0 Å². The zero-order chi connectivity index (χ0) is 17.1. The van der Waals surface area contributed by atoms with Crippen LogP contribution in [0.1, 0.15) is 38.5 Å². The highest BCUT2D eigenvalue weighted by molar-refractivity contribution is 14.1. The average Bonchev–Trinajstić information content (AvgIpc) is 2.84. The van der Waals surface area contributed by atoms with E-state index < -0.39 is 11.2 Å². The number of nitrogens with zero attached hydrogens (tertiary/aromatic N) is 2. The molecule has 1 N–H and O–H groups in total. The summed E-state index contributed by atoms with van der Waals surface area (Å²) in [6.07, 6.45) is 5.50. The zero-order valence-electron chi connectivity index (χ0n) is 13.2. The monoisotopic (exact) mass is 458 g/mol. The van der Waals surface area contributed by atoms with Crippen LogP contribution >= 0.6 is 34.4 Å². The van der Waals surface area contributed by atoms with Gasteiger partial charge >= 0.3 is 5.97 Å². The summed E-state index contributed by atoms with van der Waals surface area (Å²) in [6.45, 7) is 0. The quantitative estimate of drug-likeness (QED) is 0.695. The molecule has 1 aliphatic heterocycles. The molecule has 1 aromatic rings. The van der Waals surface area contributed by atoms with Crippen LogP contribution < -0.4 is 4.90 Å². The van der Waals surface area contributed by atoms with Crippen LogP contribution in [0.5, 0.6) is 0 Å². The number of carbonyl (C=O) groups excluding carboxylic acids is 1. The number of carbonyl (C=O) groups is 2. The first-order valence-electron chi connectivity index (χ1n) is 8.10. The third kappa shape index (κ3) is 4.11. The van der Waals surface area contributed by atoms with Gasteiger partial charge in [0.25, 0.3) is 0 Å². The highest BCUT2D eigenvalue weighted by atomic mass is 127. The molecule has 0 aromatic heterocycles. The zero-order valence-corrected chi connectivity index (χ0v) is 16.1. The molecule has 1 atom stereocenters. The molecule has 2 aliphatic rings. The molecule has 1 aromatic carbocycles. The van der Waals surface area contributed by atoms with Gasteiger partial charge in [-0.15, -0.1) is 0 Å². The van der Waals surface area contributed by atoms with E-state index in [0.717, 1.165) is 22.1 Å². The fraction of sp³-hybridized carbons (Fsp3) is 0.471. The van der Waals surface area contributed by atoms with Crippen LogP contribution in [-0.2, 0) is 9.59 Å². The van der Waals surface area contributed by atoms with Gasteiger partial charge in [-0.05, 0) is 59.7 Å². The first-order valence-corrected chi connectivity index (χ1v) is 10.1. The van der Waals surface area contributed by atoms with Crippen LogP contribution in [0.25, 0.3) is 0 Å². The molecule has 3 rings (SSSR count). The minimum Gasteiger partial charge on any atom is -0.481 e. The summed E-state index contributed by atoms with van der Waals surface area (Å²) in [5.74, 6) is -1.14. The van der Waals surface area contributed by atoms with Crippen molar-refractivity contribution < 1.29 is 14.7 Å². The molecule has 7 heteroatoms. The van der Waals surface area contributed by atoms with Crippen molar-refractivity contribution in [3.05, 3.63) is 27.8 Å². The van der Waals surface area contributed by atoms with Crippen LogP contribution in [-0.4, -0.2) is 33.4 Å². The maximum absolute atomic E-state index is 12.7. The highest BCUT2D eigenvalue weighted by Gasteiger charge is 2.40. The number of carboxylic acids is 1. The van der Waals surface area contributed by atoms with Crippen LogP contribution in [0.4, 0.5) is 5.69 Å². The Morgan fingerprint density at radius 1 is 1.25 bits per heavy atom. The van der Waals surface area contributed by atoms with Crippen molar-refractivity contribution in [2.75, 3.05) is 4.90 Å². The number of aliphatic imine (C=N–C) groups is 1. The van der Waals surface area contributed by atoms with Gasteiger partial charge in [-0.2, -0.15) is 0 Å². The lowest BCUT2D eigenvalue weighted by atomic mass is 9.96. The molecule has 1 saturated heterocycles. The van der Waals surface area contributed by atoms with Crippen LogP contribution in [0.3, 0.4) is 0 Å². The fourth-order valence-electron chi connectivity index (χ4n) is 3.04. The van der Waals surface area contributed by atoms with E-state index in [1.165, 1.54) is 31.0 Å². The minimum absolute atomic E-state index is 0.173. The Kier molecular flexibility index (Phi) is 5.80. The number of hydrogen-bond donors (Lipinski definition) is 1. The molecule has 1 amide bonds. The molecule has 5 nitrogen and oxygen atoms in total. The Bertz CT molecular complexity index is 656. The van der Waals surface area contributed by atoms with Crippen molar-refractivity contribution in [1.29, 1.82) is 0 Å². The standard InChI is InChI=1S/C17H19IN2O3S/c18-11-6-8-13(9-7-11)20-16(23)14(10-15(21)22)24-17(20)19-12-4-2-1-3-5-12/h6-9,12,14H,1-5,10H2,(H,21,22). The molecule has 1 aliphatic carbocycles. The number of carboxylic acid groups (broad SMARTS) is 1. The van der Waals surface area contributed by atoms with Gasteiger partial charge in [-0.3, -0.25) is 19.5 Å². The number of anilines is 1. The molecule has 0 radical (unpaired) electrons. The van der Waals surface area contributed by atoms with Crippen molar-refractivity contribution in [3.63, 3.8) is 0 Å². The molecule has 24 heavy (non-hydrogen) atoms. The molecule has 1 saturated carbocycles. The number of thioether (sulfide) groups is 1. The summed E-state index contributed by atoms with van der Waals surface area (Å²) in [5.41, 5.74) is 0.760. The number of amides is 1. The van der Waals surface area contributed by atoms with Crippen molar-refractivity contribution in [1.82, 2.24) is 0 Å². The van der Waals surface area contributed by atoms with Gasteiger partial charge in [-0.1, -0.05) is 31.0 Å². The Hall–Kier alpha value is -1.09. The molecular formula is C17H19IN2O3S. The van der Waals surface area contributed by atoms with Gasteiger partial charge in [0.05, 0.1) is 18.2 Å². The van der Waals surface area contributed by atoms with Crippen molar-refractivity contribution >= 4 is 57.1 Å². The lowest BCUT2D eigenvalue weighted by Crippen LogP contribution is -2.33. The third-order valence-electron chi connectivity index (χ3n) is 4.25. The normalized spacial score (nSPS) is 23.9. The van der Waals surface area contributed by atoms with Crippen molar-refractivity contribution in [2.45, 2.75) is 49.8 Å². The summed E-state index contributed by atoms with van der Waals surface area (Å²) < 4.78 is 1.09. The Morgan fingerprint density at radius 3 is 2.54 bits per heavy atom. The second-order valence-electron chi connectivity index (χ2n) is 6.06. The average molecular weight is 458 g/mol. The number of rotatable bonds is 4. The molecule has 2 fully saturated rings. The maximum Gasteiger partial charge on any atom is 0.305 e. The van der Waals surface area contributed by atoms with Crippen molar-refractivity contribution in [2.24, 2.45) is 4.99 Å². The molecule has 0 spiro atoms. The molecule has 1 unspecified atom stereocenters. The summed E-state index contributed by atoms with van der Waals surface area (Å²) in [6, 6.07) is 7.90. The molecule has 0 bridgehead atoms. The van der Waals surface area contributed by atoms with Gasteiger partial charge in [0, 0.05) is 3.57 Å². The van der Waals surface area contributed by atoms with Gasteiger partial charge in [0.2, 0.25) is 5.91 Å². The number of halogens is 1. The Balaban J connectivity index is 1.90. The number of hydrogen-bond acceptors (Lipinski definition) is 4. The smallest absolute Gasteiger partial charge is 0.305 e. The van der Waals surface area contributed by atoms with E-state index in [1.807, 2.05) is 24.3 Å². The topological polar surface area (TPSA) is 70.0 Å². The van der Waals surface area contributed by atoms with Crippen LogP contribution in [0, 0.1) is 3.57 Å². The van der Waals surface area contributed by atoms with E-state index in [9.17, 15) is 9.59 Å². The lowest BCUT2D eigenvalue weighted by molar-refractivity contribution is -0.138. The van der Waals surface area contributed by atoms with Gasteiger partial charge in [0.15, 0.2) is 5.17 Å². The van der Waals surface area contributed by atoms with E-state index >= 15 is 0 Å². The summed E-state index contributed by atoms with van der Waals surface area (Å²) in [5, 5.41) is 9.13. The summed E-state index contributed by atoms with van der Waals surface area (Å²) >= 11 is 3.51. The van der Waals surface area contributed by atoms with E-state index in [2.05, 4.69) is 22.6 Å². The SMILES string of the molecule is O=C(O)CC1SC(=NC2CCCCC2)N(c2ccc(I)cc2)C1=O. The Labute approximate surface area is 159 Å². The minimum atomic E-state index is -0.956. The van der Waals surface area contributed by atoms with Crippen LogP contribution in [0.15, 0.2) is 29.3 Å². The van der Waals surface area contributed by atoms with E-state index in [1.54, 1.807) is 4.90 Å². The third-order valence-corrected chi connectivity index (χ3v) is 6.12. The van der Waals surface area contributed by atoms with Crippen molar-refractivity contribution in [3.8, 4) is 0 Å². The first kappa shape index (κ1) is 17.7. The van der Waals surface area contributed by atoms with Gasteiger partial charge in [0.1, 0.15) is 5.25 Å². The number of amidine groups is 1. The van der Waals surface area contributed by atoms with Gasteiger partial charge < -0.3 is 5.11 Å². The Morgan fingerprint density at radius 2 is 1.92 bits per heavy atom. The maximum atomic E-state index is 12.7. The molecular weight excluding hydrogens is 439 g/mol. The predicted octanol–water partition coefficient (Wildman–Crippen LogP) is 3.90. The largest absolute Gasteiger partial charge is 0.481 e. The van der Waals surface area contributed by atoms with Gasteiger partial charge in [-0.25, -0.2) is 0 Å². The first-order chi connectivity index (χ1) is 11.5. The molecule has 1 heterocycles. The number of benzene rings is 1. The van der Waals surface area contributed by atoms with E-state index in [0.29, 0.717) is 5.17 Å². The number of aliphatic carboxylic acids is 1. The second-order valence-corrected chi connectivity index (χ2v) is 8.47. The van der Waals surface area contributed by atoms with E-state index in [4.69, 9.17) is 10.1 Å². The highest BCUT2D eigenvalue weighted by Crippen LogP contribution is 2.35. The fourth-order valence-corrected chi connectivity index (χ4v) is 4.60. The summed E-state index contributed by atoms with van der Waals surface area (Å²) in [7, 11) is 0. The second kappa shape index (κ2) is 7.86. The summed E-state index contributed by atoms with van der Waals surface area (Å²) in [4.78, 5) is 30.2.